The summed E-state index contributed by atoms with van der Waals surface area (Å²) < 4.78 is 41.6. The van der Waals surface area contributed by atoms with Crippen molar-refractivity contribution in [2.45, 2.75) is 36.9 Å². The summed E-state index contributed by atoms with van der Waals surface area (Å²) in [6.07, 6.45) is -1.77. The fourth-order valence-electron chi connectivity index (χ4n) is 5.59. The lowest BCUT2D eigenvalue weighted by atomic mass is 9.63. The van der Waals surface area contributed by atoms with Crippen molar-refractivity contribution >= 4 is 47.8 Å². The maximum atomic E-state index is 13.3. The molecular weight excluding hydrogens is 509 g/mol. The highest BCUT2D eigenvalue weighted by Crippen LogP contribution is 2.61. The number of phosphoric ester groups is 1. The van der Waals surface area contributed by atoms with E-state index in [2.05, 4.69) is 5.32 Å². The summed E-state index contributed by atoms with van der Waals surface area (Å²) >= 11 is 6.79. The predicted molar refractivity (Wildman–Crippen MR) is 120 cm³/mol. The van der Waals surface area contributed by atoms with Crippen molar-refractivity contribution in [3.05, 3.63) is 11.8 Å². The van der Waals surface area contributed by atoms with E-state index in [1.54, 1.807) is 11.0 Å². The van der Waals surface area contributed by atoms with E-state index in [4.69, 9.17) is 35.3 Å². The first-order chi connectivity index (χ1) is 16.2. The van der Waals surface area contributed by atoms with E-state index < -0.39 is 56.0 Å². The van der Waals surface area contributed by atoms with Crippen molar-refractivity contribution in [1.82, 2.24) is 15.1 Å². The van der Waals surface area contributed by atoms with Crippen LogP contribution in [0.25, 0.3) is 0 Å². The van der Waals surface area contributed by atoms with Crippen LogP contribution in [-0.4, -0.2) is 94.5 Å². The number of carbonyl (C=O) groups excluding carboxylic acids is 2. The molecule has 2 aliphatic carbocycles. The van der Waals surface area contributed by atoms with Gasteiger partial charge < -0.3 is 24.8 Å². The third-order valence-corrected chi connectivity index (χ3v) is 10.2. The Bertz CT molecular complexity index is 1010. The molecule has 6 rings (SSSR count). The van der Waals surface area contributed by atoms with Gasteiger partial charge in [-0.2, -0.15) is 0 Å². The minimum absolute atomic E-state index is 0.0447. The molecule has 34 heavy (non-hydrogen) atoms. The number of allylic oxidation sites excluding steroid dienone is 1. The molecule has 1 saturated carbocycles. The number of ketones is 1. The summed E-state index contributed by atoms with van der Waals surface area (Å²) in [4.78, 5) is 29.6. The number of carbonyl (C=O) groups is 2. The number of thioether (sulfide) groups is 1. The topological polar surface area (TPSA) is 136 Å². The van der Waals surface area contributed by atoms with Gasteiger partial charge in [0.1, 0.15) is 34.9 Å². The van der Waals surface area contributed by atoms with Gasteiger partial charge in [0, 0.05) is 5.92 Å². The number of amides is 1. The van der Waals surface area contributed by atoms with Crippen LogP contribution >= 0.6 is 31.8 Å². The fraction of sp³-hybridized carbons (Fsp3) is 0.737. The quantitative estimate of drug-likeness (QED) is 0.286. The van der Waals surface area contributed by atoms with Crippen molar-refractivity contribution in [2.75, 3.05) is 33.1 Å². The molecule has 0 aromatic heterocycles. The van der Waals surface area contributed by atoms with E-state index >= 15 is 0 Å². The largest absolute Gasteiger partial charge is 0.477 e. The molecule has 15 heteroatoms. The Morgan fingerprint density at radius 2 is 2.15 bits per heavy atom. The molecule has 4 aliphatic heterocycles. The van der Waals surface area contributed by atoms with Crippen LogP contribution in [0.1, 0.15) is 6.42 Å². The molecule has 0 spiro atoms. The number of hydrogen-bond acceptors (Lipinski definition) is 12. The fourth-order valence-corrected chi connectivity index (χ4v) is 8.12. The van der Waals surface area contributed by atoms with Crippen LogP contribution in [0.3, 0.4) is 0 Å². The molecule has 4 unspecified atom stereocenters. The summed E-state index contributed by atoms with van der Waals surface area (Å²) in [7, 11) is -2.12. The lowest BCUT2D eigenvalue weighted by Crippen LogP contribution is -2.67. The normalized spacial score (nSPS) is 46.1. The van der Waals surface area contributed by atoms with Gasteiger partial charge in [-0.05, 0) is 25.5 Å². The monoisotopic (exact) mass is 533 g/mol. The maximum Gasteiger partial charge on any atom is 0.477 e. The molecule has 0 radical (unpaired) electrons. The van der Waals surface area contributed by atoms with Crippen LogP contribution in [0.5, 0.6) is 0 Å². The third-order valence-electron chi connectivity index (χ3n) is 7.10. The van der Waals surface area contributed by atoms with E-state index in [1.807, 2.05) is 11.9 Å². The molecule has 4 saturated heterocycles. The zero-order chi connectivity index (χ0) is 23.8. The summed E-state index contributed by atoms with van der Waals surface area (Å²) in [5.74, 6) is -1.46. The molecule has 4 heterocycles. The Kier molecular flexibility index (Phi) is 5.83. The third kappa shape index (κ3) is 3.75. The minimum Gasteiger partial charge on any atom is -0.469 e. The van der Waals surface area contributed by atoms with Crippen LogP contribution in [0.4, 0.5) is 0 Å². The van der Waals surface area contributed by atoms with Gasteiger partial charge in [-0.1, -0.05) is 24.0 Å². The smallest absolute Gasteiger partial charge is 0.469 e. The highest BCUT2D eigenvalue weighted by molar-refractivity contribution is 8.22. The Balaban J connectivity index is 1.21. The molecular formula is C19H24N3O9PS2. The lowest BCUT2D eigenvalue weighted by molar-refractivity contribution is -0.151. The van der Waals surface area contributed by atoms with Crippen molar-refractivity contribution in [3.63, 3.8) is 0 Å². The molecule has 6 aliphatic rings. The van der Waals surface area contributed by atoms with Gasteiger partial charge >= 0.3 is 7.82 Å². The van der Waals surface area contributed by atoms with Crippen LogP contribution in [0, 0.1) is 17.8 Å². The summed E-state index contributed by atoms with van der Waals surface area (Å²) in [6.45, 7) is 0.352. The number of ether oxygens (including phenoxy) is 2. The van der Waals surface area contributed by atoms with E-state index in [-0.39, 0.29) is 31.6 Å². The van der Waals surface area contributed by atoms with E-state index in [0.29, 0.717) is 16.7 Å². The van der Waals surface area contributed by atoms with Crippen LogP contribution in [-0.2, 0) is 37.2 Å². The number of fused-ring (bicyclic) bond motifs is 6. The molecule has 186 valence electrons. The molecule has 0 aromatic rings. The number of aliphatic hydroxyl groups excluding tert-OH is 1. The first-order valence-electron chi connectivity index (χ1n) is 10.9. The lowest BCUT2D eigenvalue weighted by Gasteiger charge is -2.49. The molecule has 1 amide bonds. The Morgan fingerprint density at radius 3 is 2.97 bits per heavy atom. The van der Waals surface area contributed by atoms with Crippen LogP contribution in [0.2, 0.25) is 0 Å². The number of Topliss-reactive ketones (excluding diaryl/α,β-unsaturated/α-hetero) is 1. The maximum absolute atomic E-state index is 13.3. The highest BCUT2D eigenvalue weighted by atomic mass is 32.2. The number of piperidine rings is 1. The SMILES string of the molecule is CN1CSC(=S)N(COP2(=O)O[C@H]3[C@@H]4NC(=O)C5C(=O)C6OCOC6=CC5[C@H]4C[C@H](O)[C@H]3O2)C1. The van der Waals surface area contributed by atoms with Crippen molar-refractivity contribution in [3.8, 4) is 0 Å². The van der Waals surface area contributed by atoms with E-state index in [0.717, 1.165) is 5.88 Å². The van der Waals surface area contributed by atoms with Gasteiger partial charge in [0.25, 0.3) is 0 Å². The van der Waals surface area contributed by atoms with E-state index in [9.17, 15) is 19.3 Å². The van der Waals surface area contributed by atoms with Crippen molar-refractivity contribution in [2.24, 2.45) is 17.8 Å². The summed E-state index contributed by atoms with van der Waals surface area (Å²) in [5.41, 5.74) is 0. The van der Waals surface area contributed by atoms with Crippen molar-refractivity contribution in [1.29, 1.82) is 0 Å². The van der Waals surface area contributed by atoms with Crippen LogP contribution in [0.15, 0.2) is 11.8 Å². The highest BCUT2D eigenvalue weighted by Gasteiger charge is 2.63. The number of nitrogens with zero attached hydrogens (tertiary/aromatic N) is 2. The molecule has 0 bridgehead atoms. The predicted octanol–water partition coefficient (Wildman–Crippen LogP) is -0.0158. The molecule has 2 N–H and O–H groups in total. The second-order valence-corrected chi connectivity index (χ2v) is 12.4. The number of nitrogens with one attached hydrogen (secondary N) is 1. The second kappa shape index (κ2) is 8.49. The van der Waals surface area contributed by atoms with Gasteiger partial charge in [-0.15, -0.1) is 0 Å². The number of rotatable bonds is 3. The van der Waals surface area contributed by atoms with Gasteiger partial charge in [0.2, 0.25) is 5.91 Å². The molecule has 9 atom stereocenters. The average Bonchev–Trinajstić information content (AvgIpc) is 3.41. The first-order valence-corrected chi connectivity index (χ1v) is 13.8. The van der Waals surface area contributed by atoms with Gasteiger partial charge in [-0.3, -0.25) is 28.1 Å². The standard InChI is InChI=1S/C19H24N3O9PS2/c1-21-4-22(19(33)34-6-21)5-29-32(26)30-15-10(23)2-9-8-3-11-16(28-7-27-11)14(24)12(8)18(25)20-13(9)17(15)31-32/h3,8-10,12-13,15-17,23H,2,4-7H2,1H3,(H,20,25)/t8?,9-,10+,12?,13-,15-,16?,17+,32?/m1/s1. The van der Waals surface area contributed by atoms with Crippen LogP contribution < -0.4 is 5.32 Å². The van der Waals surface area contributed by atoms with Gasteiger partial charge in [0.15, 0.2) is 18.7 Å². The zero-order valence-electron chi connectivity index (χ0n) is 18.1. The zero-order valence-corrected chi connectivity index (χ0v) is 20.6. The molecule has 12 nitrogen and oxygen atoms in total. The average molecular weight is 534 g/mol. The van der Waals surface area contributed by atoms with Gasteiger partial charge in [-0.25, -0.2) is 4.57 Å². The van der Waals surface area contributed by atoms with Crippen molar-refractivity contribution < 1.29 is 42.3 Å². The Labute approximate surface area is 204 Å². The number of thiocarbonyl (C=S) groups is 1. The number of aliphatic hydroxyl groups is 1. The van der Waals surface area contributed by atoms with Gasteiger partial charge in [0.05, 0.1) is 24.7 Å². The molecule has 5 fully saturated rings. The Morgan fingerprint density at radius 1 is 1.35 bits per heavy atom. The van der Waals surface area contributed by atoms with E-state index in [1.165, 1.54) is 11.8 Å². The Hall–Kier alpha value is -1.09. The number of hydrogen-bond donors (Lipinski definition) is 2. The first kappa shape index (κ1) is 23.3. The summed E-state index contributed by atoms with van der Waals surface area (Å²) in [5, 5.41) is 13.7. The molecule has 0 aromatic carbocycles. The summed E-state index contributed by atoms with van der Waals surface area (Å²) in [6, 6.07) is -0.622. The second-order valence-electron chi connectivity index (χ2n) is 9.26. The minimum atomic E-state index is -4.04. The number of phosphoric acid groups is 1.